The van der Waals surface area contributed by atoms with Gasteiger partial charge in [-0.25, -0.2) is 14.6 Å². The Morgan fingerprint density at radius 2 is 1.89 bits per heavy atom. The quantitative estimate of drug-likeness (QED) is 0.677. The molecule has 0 radical (unpaired) electrons. The van der Waals surface area contributed by atoms with Crippen molar-refractivity contribution in [3.05, 3.63) is 35.7 Å². The first-order valence-electron chi connectivity index (χ1n) is 5.81. The lowest BCUT2D eigenvalue weighted by Gasteiger charge is -2.05. The average molecular weight is 272 g/mol. The molecule has 0 saturated carbocycles. The largest absolute Gasteiger partial charge is 0.250 e. The second-order valence-corrected chi connectivity index (χ2v) is 5.06. The minimum absolute atomic E-state index is 0.706. The molecule has 0 spiro atoms. The SMILES string of the molecule is Cc1nc2ccccc2nc1CSc1nnnn1C. The summed E-state index contributed by atoms with van der Waals surface area (Å²) in [5.74, 6) is 0.706. The Bertz CT molecular complexity index is 723. The Hall–Kier alpha value is -2.02. The molecule has 1 aromatic carbocycles. The molecular weight excluding hydrogens is 260 g/mol. The van der Waals surface area contributed by atoms with Crippen molar-refractivity contribution in [1.82, 2.24) is 30.2 Å². The summed E-state index contributed by atoms with van der Waals surface area (Å²) in [6.45, 7) is 1.98. The lowest BCUT2D eigenvalue weighted by atomic mass is 10.2. The van der Waals surface area contributed by atoms with E-state index in [2.05, 4.69) is 25.5 Å². The monoisotopic (exact) mass is 272 g/mol. The fraction of sp³-hybridized carbons (Fsp3) is 0.250. The minimum Gasteiger partial charge on any atom is -0.250 e. The number of hydrogen-bond donors (Lipinski definition) is 0. The molecule has 3 aromatic rings. The van der Waals surface area contributed by atoms with Crippen LogP contribution in [0.25, 0.3) is 11.0 Å². The Kier molecular flexibility index (Phi) is 3.12. The van der Waals surface area contributed by atoms with Crippen molar-refractivity contribution in [3.8, 4) is 0 Å². The molecule has 2 aromatic heterocycles. The summed E-state index contributed by atoms with van der Waals surface area (Å²) in [5, 5.41) is 12.1. The minimum atomic E-state index is 0.706. The molecule has 0 aliphatic rings. The third-order valence-electron chi connectivity index (χ3n) is 2.76. The summed E-state index contributed by atoms with van der Waals surface area (Å²) in [4.78, 5) is 9.21. The molecule has 0 atom stereocenters. The highest BCUT2D eigenvalue weighted by molar-refractivity contribution is 7.98. The van der Waals surface area contributed by atoms with Gasteiger partial charge in [-0.2, -0.15) is 0 Å². The van der Waals surface area contributed by atoms with E-state index in [0.717, 1.165) is 27.6 Å². The molecule has 0 N–H and O–H groups in total. The average Bonchev–Trinajstić information content (AvgIpc) is 2.82. The van der Waals surface area contributed by atoms with Crippen LogP contribution in [0.5, 0.6) is 0 Å². The summed E-state index contributed by atoms with van der Waals surface area (Å²) in [6.07, 6.45) is 0. The molecule has 0 amide bonds. The van der Waals surface area contributed by atoms with Gasteiger partial charge in [0.25, 0.3) is 0 Å². The number of para-hydroxylation sites is 2. The van der Waals surface area contributed by atoms with Crippen LogP contribution in [-0.4, -0.2) is 30.2 Å². The number of aryl methyl sites for hydroxylation is 2. The summed E-state index contributed by atoms with van der Waals surface area (Å²) in [5.41, 5.74) is 3.75. The van der Waals surface area contributed by atoms with Gasteiger partial charge in [0.15, 0.2) is 0 Å². The summed E-state index contributed by atoms with van der Waals surface area (Å²) in [6, 6.07) is 7.88. The first kappa shape index (κ1) is 12.0. The predicted molar refractivity (Wildman–Crippen MR) is 72.6 cm³/mol. The van der Waals surface area contributed by atoms with Crippen molar-refractivity contribution in [2.45, 2.75) is 17.8 Å². The molecule has 2 heterocycles. The lowest BCUT2D eigenvalue weighted by molar-refractivity contribution is 0.664. The second-order valence-electron chi connectivity index (χ2n) is 4.12. The molecule has 0 unspecified atom stereocenters. The Morgan fingerprint density at radius 3 is 2.58 bits per heavy atom. The van der Waals surface area contributed by atoms with Gasteiger partial charge in [0, 0.05) is 12.8 Å². The Labute approximate surface area is 114 Å². The summed E-state index contributed by atoms with van der Waals surface area (Å²) >= 11 is 1.55. The smallest absolute Gasteiger partial charge is 0.209 e. The maximum Gasteiger partial charge on any atom is 0.209 e. The lowest BCUT2D eigenvalue weighted by Crippen LogP contribution is -1.98. The van der Waals surface area contributed by atoms with Gasteiger partial charge in [0.05, 0.1) is 22.4 Å². The zero-order valence-electron chi connectivity index (χ0n) is 10.6. The van der Waals surface area contributed by atoms with E-state index >= 15 is 0 Å². The number of nitrogens with zero attached hydrogens (tertiary/aromatic N) is 6. The van der Waals surface area contributed by atoms with E-state index in [9.17, 15) is 0 Å². The highest BCUT2D eigenvalue weighted by Gasteiger charge is 2.08. The number of benzene rings is 1. The van der Waals surface area contributed by atoms with E-state index in [1.165, 1.54) is 0 Å². The highest BCUT2D eigenvalue weighted by Crippen LogP contribution is 2.21. The van der Waals surface area contributed by atoms with Crippen LogP contribution in [-0.2, 0) is 12.8 Å². The van der Waals surface area contributed by atoms with Gasteiger partial charge in [0.1, 0.15) is 0 Å². The third-order valence-corrected chi connectivity index (χ3v) is 3.78. The topological polar surface area (TPSA) is 69.4 Å². The first-order valence-corrected chi connectivity index (χ1v) is 6.80. The number of aromatic nitrogens is 6. The van der Waals surface area contributed by atoms with E-state index in [0.29, 0.717) is 5.75 Å². The zero-order valence-corrected chi connectivity index (χ0v) is 11.4. The predicted octanol–water partition coefficient (Wildman–Crippen LogP) is 1.75. The summed E-state index contributed by atoms with van der Waals surface area (Å²) in [7, 11) is 1.82. The molecule has 19 heavy (non-hydrogen) atoms. The third kappa shape index (κ3) is 2.41. The number of hydrogen-bond acceptors (Lipinski definition) is 6. The Balaban J connectivity index is 1.88. The molecular formula is C12H12N6S. The van der Waals surface area contributed by atoms with Crippen LogP contribution < -0.4 is 0 Å². The first-order chi connectivity index (χ1) is 9.24. The maximum absolute atomic E-state index is 4.64. The molecule has 0 bridgehead atoms. The maximum atomic E-state index is 4.64. The second kappa shape index (κ2) is 4.93. The van der Waals surface area contributed by atoms with E-state index in [1.807, 2.05) is 38.2 Å². The summed E-state index contributed by atoms with van der Waals surface area (Å²) < 4.78 is 1.65. The van der Waals surface area contributed by atoms with Crippen LogP contribution in [0.1, 0.15) is 11.4 Å². The van der Waals surface area contributed by atoms with E-state index in [-0.39, 0.29) is 0 Å². The van der Waals surface area contributed by atoms with Gasteiger partial charge in [-0.3, -0.25) is 0 Å². The van der Waals surface area contributed by atoms with Gasteiger partial charge < -0.3 is 0 Å². The molecule has 3 rings (SSSR count). The van der Waals surface area contributed by atoms with Crippen LogP contribution in [0, 0.1) is 6.92 Å². The normalized spacial score (nSPS) is 11.1. The van der Waals surface area contributed by atoms with Crippen LogP contribution in [0.15, 0.2) is 29.4 Å². The number of thioether (sulfide) groups is 1. The molecule has 0 aliphatic heterocycles. The van der Waals surface area contributed by atoms with Crippen molar-refractivity contribution in [2.24, 2.45) is 7.05 Å². The van der Waals surface area contributed by atoms with E-state index in [4.69, 9.17) is 0 Å². The van der Waals surface area contributed by atoms with Gasteiger partial charge in [0.2, 0.25) is 5.16 Å². The van der Waals surface area contributed by atoms with E-state index in [1.54, 1.807) is 16.4 Å². The zero-order chi connectivity index (χ0) is 13.2. The molecule has 0 aliphatic carbocycles. The van der Waals surface area contributed by atoms with Crippen LogP contribution >= 0.6 is 11.8 Å². The van der Waals surface area contributed by atoms with Crippen molar-refractivity contribution in [2.75, 3.05) is 0 Å². The van der Waals surface area contributed by atoms with Crippen molar-refractivity contribution in [1.29, 1.82) is 0 Å². The number of rotatable bonds is 3. The van der Waals surface area contributed by atoms with Gasteiger partial charge in [-0.05, 0) is 29.5 Å². The highest BCUT2D eigenvalue weighted by atomic mass is 32.2. The fourth-order valence-corrected chi connectivity index (χ4v) is 2.59. The van der Waals surface area contributed by atoms with Gasteiger partial charge in [-0.15, -0.1) is 5.10 Å². The molecule has 0 saturated heterocycles. The van der Waals surface area contributed by atoms with E-state index < -0.39 is 0 Å². The number of tetrazole rings is 1. The molecule has 96 valence electrons. The molecule has 0 fully saturated rings. The van der Waals surface area contributed by atoms with Crippen LogP contribution in [0.3, 0.4) is 0 Å². The van der Waals surface area contributed by atoms with Crippen LogP contribution in [0.2, 0.25) is 0 Å². The molecule has 6 nitrogen and oxygen atoms in total. The standard InChI is InChI=1S/C12H12N6S/c1-8-11(7-19-12-15-16-17-18(12)2)14-10-6-4-3-5-9(10)13-8/h3-6H,7H2,1-2H3. The van der Waals surface area contributed by atoms with Crippen molar-refractivity contribution < 1.29 is 0 Å². The van der Waals surface area contributed by atoms with Crippen molar-refractivity contribution >= 4 is 22.8 Å². The molecule has 7 heteroatoms. The van der Waals surface area contributed by atoms with Crippen LogP contribution in [0.4, 0.5) is 0 Å². The van der Waals surface area contributed by atoms with Gasteiger partial charge in [-0.1, -0.05) is 23.9 Å². The van der Waals surface area contributed by atoms with Crippen molar-refractivity contribution in [3.63, 3.8) is 0 Å². The van der Waals surface area contributed by atoms with Gasteiger partial charge >= 0.3 is 0 Å². The fourth-order valence-electron chi connectivity index (χ4n) is 1.74. The number of fused-ring (bicyclic) bond motifs is 1. The Morgan fingerprint density at radius 1 is 1.16 bits per heavy atom.